The van der Waals surface area contributed by atoms with Crippen molar-refractivity contribution in [2.75, 3.05) is 13.1 Å². The molecule has 0 aromatic rings. The first-order chi connectivity index (χ1) is 7.39. The molecule has 1 aliphatic rings. The van der Waals surface area contributed by atoms with Gasteiger partial charge in [0.2, 0.25) is 0 Å². The molecule has 16 heavy (non-hydrogen) atoms. The number of carbonyl (C=O) groups is 1. The number of likely N-dealkylation sites (tertiary alicyclic amines) is 1. The first-order valence-corrected chi connectivity index (χ1v) is 5.76. The van der Waals surface area contributed by atoms with Gasteiger partial charge in [-0.3, -0.25) is 9.69 Å². The van der Waals surface area contributed by atoms with Gasteiger partial charge in [0.25, 0.3) is 0 Å². The Bertz CT molecular complexity index is 307. The lowest BCUT2D eigenvalue weighted by molar-refractivity contribution is -0.151. The van der Waals surface area contributed by atoms with Crippen molar-refractivity contribution in [3.05, 3.63) is 0 Å². The Morgan fingerprint density at radius 3 is 2.75 bits per heavy atom. The predicted octanol–water partition coefficient (Wildman–Crippen LogP) is 1.72. The number of nitriles is 1. The molecule has 1 heterocycles. The van der Waals surface area contributed by atoms with Crippen LogP contribution < -0.4 is 0 Å². The lowest BCUT2D eigenvalue weighted by Crippen LogP contribution is -2.47. The first kappa shape index (κ1) is 13.0. The summed E-state index contributed by atoms with van der Waals surface area (Å²) in [5.74, 6) is -0.612. The van der Waals surface area contributed by atoms with E-state index in [1.165, 1.54) is 0 Å². The van der Waals surface area contributed by atoms with Crippen LogP contribution in [0.1, 0.15) is 33.6 Å². The van der Waals surface area contributed by atoms with Crippen molar-refractivity contribution < 1.29 is 9.90 Å². The minimum absolute atomic E-state index is 0.118. The number of rotatable bonds is 3. The van der Waals surface area contributed by atoms with Gasteiger partial charge in [0.15, 0.2) is 0 Å². The average molecular weight is 224 g/mol. The van der Waals surface area contributed by atoms with Crippen molar-refractivity contribution in [3.63, 3.8) is 0 Å². The molecule has 1 fully saturated rings. The number of aliphatic carboxylic acids is 1. The fourth-order valence-corrected chi connectivity index (χ4v) is 2.20. The molecule has 0 amide bonds. The summed E-state index contributed by atoms with van der Waals surface area (Å²) in [6.45, 7) is 7.05. The van der Waals surface area contributed by atoms with Gasteiger partial charge in [0.05, 0.1) is 17.5 Å². The highest BCUT2D eigenvalue weighted by molar-refractivity contribution is 5.74. The van der Waals surface area contributed by atoms with Gasteiger partial charge in [-0.2, -0.15) is 5.26 Å². The third-order valence-electron chi connectivity index (χ3n) is 3.76. The van der Waals surface area contributed by atoms with Gasteiger partial charge in [0, 0.05) is 6.54 Å². The van der Waals surface area contributed by atoms with Crippen molar-refractivity contribution in [3.8, 4) is 6.07 Å². The molecule has 1 aliphatic heterocycles. The van der Waals surface area contributed by atoms with Crippen LogP contribution in [-0.4, -0.2) is 35.1 Å². The summed E-state index contributed by atoms with van der Waals surface area (Å²) in [4.78, 5) is 13.3. The largest absolute Gasteiger partial charge is 0.481 e. The normalized spacial score (nSPS) is 24.8. The molecule has 90 valence electrons. The SMILES string of the molecule is CC(C#N)N1CCCC(C(C)(C)C(=O)O)C1. The van der Waals surface area contributed by atoms with Crippen LogP contribution in [0.15, 0.2) is 0 Å². The summed E-state index contributed by atoms with van der Waals surface area (Å²) in [6, 6.07) is 2.10. The highest BCUT2D eigenvalue weighted by Crippen LogP contribution is 2.34. The number of nitrogens with zero attached hydrogens (tertiary/aromatic N) is 2. The van der Waals surface area contributed by atoms with Gasteiger partial charge < -0.3 is 5.11 Å². The molecule has 4 heteroatoms. The second-order valence-corrected chi connectivity index (χ2v) is 5.17. The second-order valence-electron chi connectivity index (χ2n) is 5.17. The maximum Gasteiger partial charge on any atom is 0.309 e. The van der Waals surface area contributed by atoms with Crippen LogP contribution in [0.5, 0.6) is 0 Å². The summed E-state index contributed by atoms with van der Waals surface area (Å²) in [5, 5.41) is 18.1. The van der Waals surface area contributed by atoms with E-state index >= 15 is 0 Å². The quantitative estimate of drug-likeness (QED) is 0.792. The second kappa shape index (κ2) is 4.84. The van der Waals surface area contributed by atoms with Crippen LogP contribution in [0.25, 0.3) is 0 Å². The van der Waals surface area contributed by atoms with Crippen LogP contribution in [0.4, 0.5) is 0 Å². The Hall–Kier alpha value is -1.08. The zero-order chi connectivity index (χ0) is 12.3. The topological polar surface area (TPSA) is 64.3 Å². The van der Waals surface area contributed by atoms with Crippen molar-refractivity contribution in [1.82, 2.24) is 4.90 Å². The maximum absolute atomic E-state index is 11.2. The molecule has 1 saturated heterocycles. The van der Waals surface area contributed by atoms with Crippen LogP contribution in [0, 0.1) is 22.7 Å². The van der Waals surface area contributed by atoms with Crippen molar-refractivity contribution in [1.29, 1.82) is 5.26 Å². The minimum Gasteiger partial charge on any atom is -0.481 e. The third kappa shape index (κ3) is 2.53. The van der Waals surface area contributed by atoms with Crippen LogP contribution >= 0.6 is 0 Å². The number of carboxylic acid groups (broad SMARTS) is 1. The van der Waals surface area contributed by atoms with E-state index in [9.17, 15) is 9.90 Å². The summed E-state index contributed by atoms with van der Waals surface area (Å²) in [7, 11) is 0. The summed E-state index contributed by atoms with van der Waals surface area (Å²) < 4.78 is 0. The Balaban J connectivity index is 2.71. The fraction of sp³-hybridized carbons (Fsp3) is 0.833. The van der Waals surface area contributed by atoms with E-state index < -0.39 is 11.4 Å². The zero-order valence-corrected chi connectivity index (χ0v) is 10.2. The summed E-state index contributed by atoms with van der Waals surface area (Å²) >= 11 is 0. The van der Waals surface area contributed by atoms with Crippen LogP contribution in [0.3, 0.4) is 0 Å². The Morgan fingerprint density at radius 2 is 2.25 bits per heavy atom. The third-order valence-corrected chi connectivity index (χ3v) is 3.76. The van der Waals surface area contributed by atoms with E-state index in [-0.39, 0.29) is 12.0 Å². The molecule has 0 aromatic carbocycles. The lowest BCUT2D eigenvalue weighted by atomic mass is 9.74. The standard InChI is InChI=1S/C12H20N2O2/c1-9(7-13)14-6-4-5-10(8-14)12(2,3)11(15)16/h9-10H,4-6,8H2,1-3H3,(H,15,16). The van der Waals surface area contributed by atoms with Gasteiger partial charge in [0.1, 0.15) is 0 Å². The maximum atomic E-state index is 11.2. The molecule has 0 saturated carbocycles. The molecule has 0 bridgehead atoms. The minimum atomic E-state index is -0.746. The molecular weight excluding hydrogens is 204 g/mol. The van der Waals surface area contributed by atoms with Gasteiger partial charge in [-0.15, -0.1) is 0 Å². The van der Waals surface area contributed by atoms with Gasteiger partial charge >= 0.3 is 5.97 Å². The lowest BCUT2D eigenvalue weighted by Gasteiger charge is -2.40. The van der Waals surface area contributed by atoms with Gasteiger partial charge in [-0.25, -0.2) is 0 Å². The van der Waals surface area contributed by atoms with Gasteiger partial charge in [-0.1, -0.05) is 0 Å². The molecule has 0 aromatic heterocycles. The molecule has 0 radical (unpaired) electrons. The highest BCUT2D eigenvalue weighted by atomic mass is 16.4. The fourth-order valence-electron chi connectivity index (χ4n) is 2.20. The number of hydrogen-bond donors (Lipinski definition) is 1. The van der Waals surface area contributed by atoms with Crippen molar-refractivity contribution in [2.45, 2.75) is 39.7 Å². The van der Waals surface area contributed by atoms with E-state index in [1.807, 2.05) is 6.92 Å². The van der Waals surface area contributed by atoms with Crippen molar-refractivity contribution >= 4 is 5.97 Å². The van der Waals surface area contributed by atoms with Crippen molar-refractivity contribution in [2.24, 2.45) is 11.3 Å². The highest BCUT2D eigenvalue weighted by Gasteiger charge is 2.39. The smallest absolute Gasteiger partial charge is 0.309 e. The molecule has 2 atom stereocenters. The van der Waals surface area contributed by atoms with Gasteiger partial charge in [-0.05, 0) is 46.1 Å². The number of carboxylic acids is 1. The monoisotopic (exact) mass is 224 g/mol. The van der Waals surface area contributed by atoms with E-state index in [0.29, 0.717) is 6.54 Å². The molecule has 1 rings (SSSR count). The average Bonchev–Trinajstić information content (AvgIpc) is 2.28. The predicted molar refractivity (Wildman–Crippen MR) is 60.8 cm³/mol. The molecular formula is C12H20N2O2. The molecule has 0 aliphatic carbocycles. The van der Waals surface area contributed by atoms with E-state index in [0.717, 1.165) is 19.4 Å². The molecule has 4 nitrogen and oxygen atoms in total. The molecule has 1 N–H and O–H groups in total. The van der Waals surface area contributed by atoms with Crippen LogP contribution in [0.2, 0.25) is 0 Å². The van der Waals surface area contributed by atoms with Crippen LogP contribution in [-0.2, 0) is 4.79 Å². The molecule has 0 spiro atoms. The first-order valence-electron chi connectivity index (χ1n) is 5.76. The van der Waals surface area contributed by atoms with E-state index in [1.54, 1.807) is 13.8 Å². The Labute approximate surface area is 96.9 Å². The summed E-state index contributed by atoms with van der Waals surface area (Å²) in [6.07, 6.45) is 1.92. The number of piperidine rings is 1. The Kier molecular flexibility index (Phi) is 3.93. The molecule has 2 unspecified atom stereocenters. The Morgan fingerprint density at radius 1 is 1.62 bits per heavy atom. The van der Waals surface area contributed by atoms with E-state index in [4.69, 9.17) is 5.26 Å². The number of hydrogen-bond acceptors (Lipinski definition) is 3. The van der Waals surface area contributed by atoms with E-state index in [2.05, 4.69) is 11.0 Å². The summed E-state index contributed by atoms with van der Waals surface area (Å²) in [5.41, 5.74) is -0.701. The zero-order valence-electron chi connectivity index (χ0n) is 10.2.